The first-order valence-corrected chi connectivity index (χ1v) is 10.3. The van der Waals surface area contributed by atoms with Crippen molar-refractivity contribution >= 4 is 40.0 Å². The summed E-state index contributed by atoms with van der Waals surface area (Å²) in [5.41, 5.74) is 2.67. The van der Waals surface area contributed by atoms with E-state index in [1.807, 2.05) is 29.6 Å². The van der Waals surface area contributed by atoms with Crippen LogP contribution in [-0.4, -0.2) is 22.6 Å². The molecule has 28 heavy (non-hydrogen) atoms. The molecule has 2 N–H and O–H groups in total. The Labute approximate surface area is 170 Å². The van der Waals surface area contributed by atoms with Crippen molar-refractivity contribution in [3.05, 3.63) is 65.3 Å². The summed E-state index contributed by atoms with van der Waals surface area (Å²) in [4.78, 5) is 27.9. The molecular weight excluding hydrogens is 397 g/mol. The average Bonchev–Trinajstić information content (AvgIpc) is 3.14. The quantitative estimate of drug-likeness (QED) is 0.564. The van der Waals surface area contributed by atoms with Crippen LogP contribution in [0.1, 0.15) is 12.5 Å². The third-order valence-electron chi connectivity index (χ3n) is 3.74. The van der Waals surface area contributed by atoms with Gasteiger partial charge in [0.15, 0.2) is 5.13 Å². The van der Waals surface area contributed by atoms with Crippen LogP contribution in [0.3, 0.4) is 0 Å². The summed E-state index contributed by atoms with van der Waals surface area (Å²) < 4.78 is 13.6. The number of anilines is 1. The molecule has 0 unspecified atom stereocenters. The maximum Gasteiger partial charge on any atom is 0.236 e. The zero-order valence-electron chi connectivity index (χ0n) is 15.1. The molecule has 3 rings (SSSR count). The monoisotopic (exact) mass is 415 g/mol. The van der Waals surface area contributed by atoms with Gasteiger partial charge in [-0.1, -0.05) is 36.4 Å². The molecule has 0 saturated carbocycles. The van der Waals surface area contributed by atoms with Crippen molar-refractivity contribution in [3.8, 4) is 11.3 Å². The van der Waals surface area contributed by atoms with Crippen LogP contribution in [-0.2, 0) is 16.1 Å². The Morgan fingerprint density at radius 3 is 2.61 bits per heavy atom. The van der Waals surface area contributed by atoms with Crippen LogP contribution < -0.4 is 10.6 Å². The molecule has 1 heterocycles. The molecule has 2 aromatic carbocycles. The third-order valence-corrected chi connectivity index (χ3v) is 5.54. The van der Waals surface area contributed by atoms with E-state index in [1.54, 1.807) is 18.2 Å². The van der Waals surface area contributed by atoms with Gasteiger partial charge in [-0.15, -0.1) is 23.1 Å². The summed E-state index contributed by atoms with van der Waals surface area (Å²) in [6, 6.07) is 14.1. The number of thiazole rings is 1. The lowest BCUT2D eigenvalue weighted by Crippen LogP contribution is -2.18. The lowest BCUT2D eigenvalue weighted by molar-refractivity contribution is -0.119. The van der Waals surface area contributed by atoms with Crippen LogP contribution in [0, 0.1) is 5.82 Å². The van der Waals surface area contributed by atoms with Crippen LogP contribution in [0.25, 0.3) is 11.3 Å². The van der Waals surface area contributed by atoms with E-state index < -0.39 is 0 Å². The van der Waals surface area contributed by atoms with Gasteiger partial charge in [0.2, 0.25) is 11.8 Å². The van der Waals surface area contributed by atoms with E-state index in [0.29, 0.717) is 16.6 Å². The Hall–Kier alpha value is -2.71. The predicted octanol–water partition coefficient (Wildman–Crippen LogP) is 4.32. The zero-order chi connectivity index (χ0) is 19.9. The van der Waals surface area contributed by atoms with Gasteiger partial charge in [-0.05, 0) is 17.7 Å². The fourth-order valence-corrected chi connectivity index (χ4v) is 3.82. The predicted molar refractivity (Wildman–Crippen MR) is 111 cm³/mol. The summed E-state index contributed by atoms with van der Waals surface area (Å²) in [5.74, 6) is -0.538. The van der Waals surface area contributed by atoms with Crippen LogP contribution in [0.15, 0.2) is 58.8 Å². The molecule has 8 heteroatoms. The molecule has 0 atom stereocenters. The molecule has 0 aliphatic heterocycles. The number of thioether (sulfide) groups is 1. The van der Waals surface area contributed by atoms with Crippen molar-refractivity contribution in [2.45, 2.75) is 18.4 Å². The van der Waals surface area contributed by atoms with Gasteiger partial charge in [-0.25, -0.2) is 9.37 Å². The van der Waals surface area contributed by atoms with E-state index in [-0.39, 0.29) is 23.4 Å². The van der Waals surface area contributed by atoms with E-state index in [9.17, 15) is 14.0 Å². The summed E-state index contributed by atoms with van der Waals surface area (Å²) in [6.45, 7) is 1.96. The maximum atomic E-state index is 13.6. The Kier molecular flexibility index (Phi) is 6.78. The smallest absolute Gasteiger partial charge is 0.236 e. The highest BCUT2D eigenvalue weighted by Gasteiger charge is 2.10. The van der Waals surface area contributed by atoms with Gasteiger partial charge >= 0.3 is 0 Å². The van der Waals surface area contributed by atoms with Crippen molar-refractivity contribution in [2.75, 3.05) is 11.1 Å². The van der Waals surface area contributed by atoms with E-state index in [4.69, 9.17) is 0 Å². The fourth-order valence-electron chi connectivity index (χ4n) is 2.34. The third kappa shape index (κ3) is 5.64. The largest absolute Gasteiger partial charge is 0.352 e. The topological polar surface area (TPSA) is 71.1 Å². The average molecular weight is 416 g/mol. The lowest BCUT2D eigenvalue weighted by Gasteiger charge is -2.04. The van der Waals surface area contributed by atoms with Crippen molar-refractivity contribution in [3.63, 3.8) is 0 Å². The van der Waals surface area contributed by atoms with Crippen LogP contribution in [0.4, 0.5) is 9.52 Å². The Morgan fingerprint density at radius 2 is 1.89 bits per heavy atom. The van der Waals surface area contributed by atoms with Gasteiger partial charge in [0, 0.05) is 29.3 Å². The van der Waals surface area contributed by atoms with E-state index >= 15 is 0 Å². The minimum Gasteiger partial charge on any atom is -0.352 e. The Balaban J connectivity index is 1.55. The summed E-state index contributed by atoms with van der Waals surface area (Å²) in [6.07, 6.45) is 0. The second-order valence-electron chi connectivity index (χ2n) is 5.91. The standard InChI is InChI=1S/C20H18FN3O2S2/c1-13(25)22-10-14-6-8-15(9-7-14)17-11-28-20(23-17)24-19(26)12-27-18-5-3-2-4-16(18)21/h2-9,11H,10,12H2,1H3,(H,22,25)(H,23,24,26). The van der Waals surface area contributed by atoms with Gasteiger partial charge < -0.3 is 10.6 Å². The van der Waals surface area contributed by atoms with Crippen molar-refractivity contribution in [1.29, 1.82) is 0 Å². The highest BCUT2D eigenvalue weighted by molar-refractivity contribution is 8.00. The van der Waals surface area contributed by atoms with Gasteiger partial charge in [-0.3, -0.25) is 9.59 Å². The number of nitrogens with zero attached hydrogens (tertiary/aromatic N) is 1. The minimum atomic E-state index is -0.334. The molecule has 0 fully saturated rings. The minimum absolute atomic E-state index is 0.0721. The summed E-state index contributed by atoms with van der Waals surface area (Å²) in [7, 11) is 0. The molecule has 0 radical (unpaired) electrons. The summed E-state index contributed by atoms with van der Waals surface area (Å²) in [5, 5.41) is 7.85. The number of nitrogens with one attached hydrogen (secondary N) is 2. The number of hydrogen-bond donors (Lipinski definition) is 2. The molecule has 0 aliphatic rings. The van der Waals surface area contributed by atoms with Gasteiger partial charge in [0.05, 0.1) is 11.4 Å². The molecule has 2 amide bonds. The second-order valence-corrected chi connectivity index (χ2v) is 7.79. The zero-order valence-corrected chi connectivity index (χ0v) is 16.7. The highest BCUT2D eigenvalue weighted by atomic mass is 32.2. The molecule has 0 saturated heterocycles. The molecule has 0 spiro atoms. The molecule has 3 aromatic rings. The normalized spacial score (nSPS) is 10.5. The highest BCUT2D eigenvalue weighted by Crippen LogP contribution is 2.26. The van der Waals surface area contributed by atoms with Crippen molar-refractivity contribution in [1.82, 2.24) is 10.3 Å². The van der Waals surface area contributed by atoms with Crippen molar-refractivity contribution < 1.29 is 14.0 Å². The lowest BCUT2D eigenvalue weighted by atomic mass is 10.1. The van der Waals surface area contributed by atoms with Crippen LogP contribution in [0.5, 0.6) is 0 Å². The van der Waals surface area contributed by atoms with Gasteiger partial charge in [0.25, 0.3) is 0 Å². The molecule has 5 nitrogen and oxygen atoms in total. The van der Waals surface area contributed by atoms with Gasteiger partial charge in [-0.2, -0.15) is 0 Å². The number of rotatable bonds is 7. The number of hydrogen-bond acceptors (Lipinski definition) is 5. The number of halogens is 1. The van der Waals surface area contributed by atoms with Gasteiger partial charge in [0.1, 0.15) is 5.82 Å². The first kappa shape index (κ1) is 20.0. The maximum absolute atomic E-state index is 13.6. The van der Waals surface area contributed by atoms with Crippen molar-refractivity contribution in [2.24, 2.45) is 0 Å². The SMILES string of the molecule is CC(=O)NCc1ccc(-c2csc(NC(=O)CSc3ccccc3F)n2)cc1. The fraction of sp³-hybridized carbons (Fsp3) is 0.150. The number of amides is 2. The van der Waals surface area contributed by atoms with Crippen LogP contribution in [0.2, 0.25) is 0 Å². The molecule has 144 valence electrons. The molecule has 0 aliphatic carbocycles. The van der Waals surface area contributed by atoms with E-state index in [0.717, 1.165) is 28.6 Å². The van der Waals surface area contributed by atoms with Crippen LogP contribution >= 0.6 is 23.1 Å². The number of carbonyl (C=O) groups is 2. The number of carbonyl (C=O) groups excluding carboxylic acids is 2. The first-order chi connectivity index (χ1) is 13.5. The molecule has 0 bridgehead atoms. The number of aromatic nitrogens is 1. The molecular formula is C20H18FN3O2S2. The molecule has 1 aromatic heterocycles. The Morgan fingerprint density at radius 1 is 1.14 bits per heavy atom. The van der Waals surface area contributed by atoms with E-state index in [1.165, 1.54) is 24.3 Å². The van der Waals surface area contributed by atoms with E-state index in [2.05, 4.69) is 15.6 Å². The Bertz CT molecular complexity index is 974. The second kappa shape index (κ2) is 9.48. The number of benzene rings is 2. The summed E-state index contributed by atoms with van der Waals surface area (Å²) >= 11 is 2.48. The first-order valence-electron chi connectivity index (χ1n) is 8.48.